The minimum Gasteiger partial charge on any atom is -0.449 e. The molecule has 26 heavy (non-hydrogen) atoms. The van der Waals surface area contributed by atoms with Gasteiger partial charge in [0.1, 0.15) is 18.0 Å². The molecular formula is C17H25N3O6. The van der Waals surface area contributed by atoms with Gasteiger partial charge in [-0.25, -0.2) is 9.59 Å². The van der Waals surface area contributed by atoms with E-state index in [9.17, 15) is 19.8 Å². The number of hydrogen-bond donors (Lipinski definition) is 3. The number of rotatable bonds is 7. The summed E-state index contributed by atoms with van der Waals surface area (Å²) in [4.78, 5) is 27.9. The van der Waals surface area contributed by atoms with Crippen molar-refractivity contribution in [2.75, 3.05) is 11.9 Å². The molecule has 1 aromatic heterocycles. The Bertz CT molecular complexity index is 704. The fraction of sp³-hybridized carbons (Fsp3) is 0.588. The molecule has 1 aliphatic rings. The third kappa shape index (κ3) is 4.48. The van der Waals surface area contributed by atoms with Crippen LogP contribution in [-0.4, -0.2) is 50.8 Å². The van der Waals surface area contributed by atoms with Crippen molar-refractivity contribution in [3.8, 4) is 0 Å². The van der Waals surface area contributed by atoms with Crippen LogP contribution in [0, 0.1) is 0 Å². The maximum Gasteiger partial charge on any atom is 0.412 e. The number of amides is 1. The molecular weight excluding hydrogens is 342 g/mol. The quantitative estimate of drug-likeness (QED) is 0.620. The van der Waals surface area contributed by atoms with Crippen molar-refractivity contribution >= 4 is 18.0 Å². The number of nitrogens with one attached hydrogen (secondary N) is 1. The van der Waals surface area contributed by atoms with Crippen LogP contribution in [0.25, 0.3) is 6.08 Å². The van der Waals surface area contributed by atoms with Crippen LogP contribution in [0.5, 0.6) is 0 Å². The van der Waals surface area contributed by atoms with Crippen molar-refractivity contribution < 1.29 is 24.5 Å². The van der Waals surface area contributed by atoms with Crippen molar-refractivity contribution in [2.24, 2.45) is 0 Å². The molecule has 1 fully saturated rings. The summed E-state index contributed by atoms with van der Waals surface area (Å²) in [5.41, 5.74) is -0.401. The maximum absolute atomic E-state index is 12.3. The molecule has 2 rings (SSSR count). The van der Waals surface area contributed by atoms with Gasteiger partial charge in [-0.2, -0.15) is 4.98 Å². The first-order valence-electron chi connectivity index (χ1n) is 8.60. The minimum absolute atomic E-state index is 0.00262. The Morgan fingerprint density at radius 3 is 2.77 bits per heavy atom. The second-order valence-corrected chi connectivity index (χ2v) is 6.12. The van der Waals surface area contributed by atoms with Crippen molar-refractivity contribution in [1.29, 1.82) is 0 Å². The summed E-state index contributed by atoms with van der Waals surface area (Å²) >= 11 is 0. The van der Waals surface area contributed by atoms with Crippen molar-refractivity contribution in [2.45, 2.75) is 57.6 Å². The molecule has 0 saturated carbocycles. The molecule has 4 atom stereocenters. The molecule has 1 aliphatic heterocycles. The van der Waals surface area contributed by atoms with Crippen LogP contribution in [0.15, 0.2) is 17.6 Å². The Morgan fingerprint density at radius 2 is 2.19 bits per heavy atom. The van der Waals surface area contributed by atoms with E-state index in [4.69, 9.17) is 9.47 Å². The lowest BCUT2D eigenvalue weighted by Crippen LogP contribution is -2.36. The smallest absolute Gasteiger partial charge is 0.412 e. The van der Waals surface area contributed by atoms with E-state index in [1.165, 1.54) is 12.3 Å². The lowest BCUT2D eigenvalue weighted by Gasteiger charge is -2.18. The number of carbonyl (C=O) groups excluding carboxylic acids is 1. The third-order valence-corrected chi connectivity index (χ3v) is 4.15. The Hall–Kier alpha value is -2.23. The molecule has 0 unspecified atom stereocenters. The number of hydrogen-bond acceptors (Lipinski definition) is 7. The lowest BCUT2D eigenvalue weighted by atomic mass is 10.1. The highest BCUT2D eigenvalue weighted by atomic mass is 16.6. The van der Waals surface area contributed by atoms with Gasteiger partial charge in [0.25, 0.3) is 0 Å². The summed E-state index contributed by atoms with van der Waals surface area (Å²) in [6.45, 7) is 7.54. The van der Waals surface area contributed by atoms with Gasteiger partial charge in [0.15, 0.2) is 6.23 Å². The van der Waals surface area contributed by atoms with Gasteiger partial charge in [0, 0.05) is 11.8 Å². The molecule has 0 bridgehead atoms. The van der Waals surface area contributed by atoms with Gasteiger partial charge in [-0.05, 0) is 13.3 Å². The summed E-state index contributed by atoms with van der Waals surface area (Å²) in [7, 11) is 0. The largest absolute Gasteiger partial charge is 0.449 e. The van der Waals surface area contributed by atoms with Gasteiger partial charge < -0.3 is 19.7 Å². The number of aromatic nitrogens is 2. The van der Waals surface area contributed by atoms with Crippen LogP contribution in [0.4, 0.5) is 10.6 Å². The van der Waals surface area contributed by atoms with Gasteiger partial charge in [-0.15, -0.1) is 0 Å². The van der Waals surface area contributed by atoms with E-state index < -0.39 is 36.3 Å². The first kappa shape index (κ1) is 20.1. The molecule has 0 radical (unpaired) electrons. The maximum atomic E-state index is 12.3. The standard InChI is InChI=1S/C17H25N3O6/c1-4-6-7-8-25-17(24)19-14-11(5-2)9-20(16(23)18-14)15-13(22)12(21)10(3)26-15/h5,9-10,12-13,15,21-22H,2,4,6-8H2,1,3H3,(H,18,19,23,24)/t10-,12-,13-,15-/m1/s1. The van der Waals surface area contributed by atoms with Crippen molar-refractivity contribution in [3.63, 3.8) is 0 Å². The molecule has 0 aromatic carbocycles. The first-order chi connectivity index (χ1) is 12.4. The highest BCUT2D eigenvalue weighted by molar-refractivity contribution is 5.85. The van der Waals surface area contributed by atoms with Gasteiger partial charge in [0.2, 0.25) is 0 Å². The molecule has 1 amide bonds. The Kier molecular flexibility index (Phi) is 6.90. The number of carbonyl (C=O) groups is 1. The molecule has 1 saturated heterocycles. The Balaban J connectivity index is 2.15. The number of aliphatic hydroxyl groups excluding tert-OH is 2. The molecule has 1 aromatic rings. The van der Waals surface area contributed by atoms with Crippen molar-refractivity contribution in [1.82, 2.24) is 9.55 Å². The van der Waals surface area contributed by atoms with Gasteiger partial charge in [-0.3, -0.25) is 9.88 Å². The molecule has 3 N–H and O–H groups in total. The van der Waals surface area contributed by atoms with E-state index in [0.717, 1.165) is 23.8 Å². The van der Waals surface area contributed by atoms with Gasteiger partial charge >= 0.3 is 11.8 Å². The number of aliphatic hydroxyl groups is 2. The molecule has 0 aliphatic carbocycles. The number of anilines is 1. The number of ether oxygens (including phenoxy) is 2. The monoisotopic (exact) mass is 367 g/mol. The normalized spacial score (nSPS) is 25.1. The fourth-order valence-corrected chi connectivity index (χ4v) is 2.62. The minimum atomic E-state index is -1.27. The fourth-order valence-electron chi connectivity index (χ4n) is 2.62. The van der Waals surface area contributed by atoms with Crippen molar-refractivity contribution in [3.05, 3.63) is 28.8 Å². The zero-order valence-corrected chi connectivity index (χ0v) is 14.9. The predicted molar refractivity (Wildman–Crippen MR) is 94.7 cm³/mol. The molecule has 9 nitrogen and oxygen atoms in total. The van der Waals surface area contributed by atoms with Crippen LogP contribution in [0.3, 0.4) is 0 Å². The van der Waals surface area contributed by atoms with E-state index in [2.05, 4.69) is 16.9 Å². The van der Waals surface area contributed by atoms with E-state index in [1.54, 1.807) is 6.92 Å². The summed E-state index contributed by atoms with van der Waals surface area (Å²) < 4.78 is 11.5. The molecule has 144 valence electrons. The molecule has 0 spiro atoms. The summed E-state index contributed by atoms with van der Waals surface area (Å²) in [6, 6.07) is 0. The number of nitrogens with zero attached hydrogens (tertiary/aromatic N) is 2. The Morgan fingerprint density at radius 1 is 1.46 bits per heavy atom. The topological polar surface area (TPSA) is 123 Å². The average Bonchev–Trinajstić information content (AvgIpc) is 2.86. The van der Waals surface area contributed by atoms with E-state index in [0.29, 0.717) is 5.56 Å². The van der Waals surface area contributed by atoms with Crippen LogP contribution in [0.2, 0.25) is 0 Å². The highest BCUT2D eigenvalue weighted by Gasteiger charge is 2.42. The third-order valence-electron chi connectivity index (χ3n) is 4.15. The lowest BCUT2D eigenvalue weighted by molar-refractivity contribution is -0.0350. The zero-order chi connectivity index (χ0) is 19.3. The average molecular weight is 367 g/mol. The predicted octanol–water partition coefficient (Wildman–Crippen LogP) is 1.26. The second kappa shape index (κ2) is 8.93. The first-order valence-corrected chi connectivity index (χ1v) is 8.60. The van der Waals surface area contributed by atoms with Crippen LogP contribution in [0.1, 0.15) is 44.9 Å². The Labute approximate surface area is 151 Å². The van der Waals surface area contributed by atoms with Crippen LogP contribution in [-0.2, 0) is 9.47 Å². The summed E-state index contributed by atoms with van der Waals surface area (Å²) in [5, 5.41) is 22.3. The van der Waals surface area contributed by atoms with E-state index >= 15 is 0 Å². The van der Waals surface area contributed by atoms with E-state index in [1.807, 2.05) is 6.92 Å². The summed E-state index contributed by atoms with van der Waals surface area (Å²) in [5.74, 6) is 0.00262. The second-order valence-electron chi connectivity index (χ2n) is 6.12. The van der Waals surface area contributed by atoms with Gasteiger partial charge in [-0.1, -0.05) is 32.4 Å². The molecule has 2 heterocycles. The zero-order valence-electron chi connectivity index (χ0n) is 14.9. The summed E-state index contributed by atoms with van der Waals surface area (Å²) in [6.07, 6.45) is 0.657. The molecule has 9 heteroatoms. The highest BCUT2D eigenvalue weighted by Crippen LogP contribution is 2.28. The number of unbranched alkanes of at least 4 members (excludes halogenated alkanes) is 2. The van der Waals surface area contributed by atoms with Crippen LogP contribution < -0.4 is 11.0 Å². The van der Waals surface area contributed by atoms with E-state index in [-0.39, 0.29) is 12.4 Å². The van der Waals surface area contributed by atoms with Crippen LogP contribution >= 0.6 is 0 Å². The SMILES string of the molecule is C=Cc1cn([C@@H]2O[C@H](C)[C@@H](O)[C@H]2O)c(=O)nc1NC(=O)OCCCCC. The van der Waals surface area contributed by atoms with Gasteiger partial charge in [0.05, 0.1) is 12.7 Å².